The molecule has 0 saturated heterocycles. The highest BCUT2D eigenvalue weighted by Crippen LogP contribution is 2.36. The third-order valence-electron chi connectivity index (χ3n) is 4.44. The minimum atomic E-state index is 0.690. The molecule has 1 N–H and O–H groups in total. The first-order valence-corrected chi connectivity index (χ1v) is 8.18. The molecule has 2 rings (SSSR count). The third-order valence-corrected chi connectivity index (χ3v) is 4.44. The molecule has 0 aromatic heterocycles. The van der Waals surface area contributed by atoms with Crippen molar-refractivity contribution in [2.24, 2.45) is 0 Å². The lowest BCUT2D eigenvalue weighted by atomic mass is 9.89. The summed E-state index contributed by atoms with van der Waals surface area (Å²) in [4.78, 5) is 0. The summed E-state index contributed by atoms with van der Waals surface area (Å²) in [6.45, 7) is 5.72. The van der Waals surface area contributed by atoms with Gasteiger partial charge < -0.3 is 5.32 Å². The van der Waals surface area contributed by atoms with Gasteiger partial charge in [0.1, 0.15) is 0 Å². The normalized spacial score (nSPS) is 19.4. The zero-order valence-electron chi connectivity index (χ0n) is 12.6. The van der Waals surface area contributed by atoms with Gasteiger partial charge in [-0.2, -0.15) is 0 Å². The second-order valence-electron chi connectivity index (χ2n) is 5.90. The topological polar surface area (TPSA) is 12.0 Å². The molecule has 0 saturated carbocycles. The molecule has 0 spiro atoms. The van der Waals surface area contributed by atoms with E-state index in [0.717, 1.165) is 12.5 Å². The zero-order valence-corrected chi connectivity index (χ0v) is 12.6. The van der Waals surface area contributed by atoms with Gasteiger partial charge in [0.25, 0.3) is 0 Å². The molecule has 0 aliphatic heterocycles. The van der Waals surface area contributed by atoms with Gasteiger partial charge in [-0.25, -0.2) is 0 Å². The Morgan fingerprint density at radius 1 is 1.16 bits per heavy atom. The van der Waals surface area contributed by atoms with Crippen LogP contribution in [-0.4, -0.2) is 12.6 Å². The Balaban J connectivity index is 2.01. The van der Waals surface area contributed by atoms with Crippen LogP contribution < -0.4 is 5.32 Å². The van der Waals surface area contributed by atoms with Gasteiger partial charge in [-0.1, -0.05) is 57.4 Å². The summed E-state index contributed by atoms with van der Waals surface area (Å²) in [6.07, 6.45) is 9.26. The van der Waals surface area contributed by atoms with Gasteiger partial charge in [0, 0.05) is 6.04 Å². The molecule has 0 bridgehead atoms. The van der Waals surface area contributed by atoms with Gasteiger partial charge in [0.05, 0.1) is 0 Å². The lowest BCUT2D eigenvalue weighted by molar-refractivity contribution is 0.392. The average Bonchev–Trinajstić information content (AvgIpc) is 2.87. The fraction of sp³-hybridized carbons (Fsp3) is 0.667. The van der Waals surface area contributed by atoms with Gasteiger partial charge in [-0.3, -0.25) is 0 Å². The lowest BCUT2D eigenvalue weighted by Gasteiger charge is -2.26. The van der Waals surface area contributed by atoms with Gasteiger partial charge in [-0.05, 0) is 49.3 Å². The minimum Gasteiger partial charge on any atom is -0.313 e. The van der Waals surface area contributed by atoms with Crippen LogP contribution in [0.1, 0.15) is 69.4 Å². The highest BCUT2D eigenvalue weighted by Gasteiger charge is 2.28. The Kier molecular flexibility index (Phi) is 5.91. The molecule has 19 heavy (non-hydrogen) atoms. The lowest BCUT2D eigenvalue weighted by Crippen LogP contribution is -2.34. The summed E-state index contributed by atoms with van der Waals surface area (Å²) in [6, 6.07) is 9.76. The third kappa shape index (κ3) is 3.82. The number of aryl methyl sites for hydroxylation is 1. The summed E-state index contributed by atoms with van der Waals surface area (Å²) < 4.78 is 0. The average molecular weight is 259 g/mol. The number of hydrogen-bond acceptors (Lipinski definition) is 1. The van der Waals surface area contributed by atoms with E-state index in [-0.39, 0.29) is 0 Å². The predicted octanol–water partition coefficient (Wildman–Crippen LogP) is 4.66. The van der Waals surface area contributed by atoms with Crippen LogP contribution in [-0.2, 0) is 6.42 Å². The van der Waals surface area contributed by atoms with Crippen LogP contribution >= 0.6 is 0 Å². The van der Waals surface area contributed by atoms with Gasteiger partial charge in [-0.15, -0.1) is 0 Å². The quantitative estimate of drug-likeness (QED) is 0.669. The molecule has 0 fully saturated rings. The summed E-state index contributed by atoms with van der Waals surface area (Å²) in [5, 5.41) is 3.81. The number of hydrogen-bond donors (Lipinski definition) is 1. The van der Waals surface area contributed by atoms with Crippen LogP contribution in [0.25, 0.3) is 0 Å². The highest BCUT2D eigenvalue weighted by molar-refractivity contribution is 5.36. The molecule has 1 aliphatic carbocycles. The second-order valence-corrected chi connectivity index (χ2v) is 5.90. The molecular weight excluding hydrogens is 230 g/mol. The molecule has 2 atom stereocenters. The van der Waals surface area contributed by atoms with E-state index in [9.17, 15) is 0 Å². The van der Waals surface area contributed by atoms with Crippen molar-refractivity contribution in [3.8, 4) is 0 Å². The summed E-state index contributed by atoms with van der Waals surface area (Å²) in [5.41, 5.74) is 3.21. The second kappa shape index (κ2) is 7.69. The Morgan fingerprint density at radius 3 is 2.79 bits per heavy atom. The molecule has 0 heterocycles. The molecule has 1 aromatic rings. The van der Waals surface area contributed by atoms with E-state index in [4.69, 9.17) is 0 Å². The highest BCUT2D eigenvalue weighted by atomic mass is 14.9. The van der Waals surface area contributed by atoms with Gasteiger partial charge >= 0.3 is 0 Å². The van der Waals surface area contributed by atoms with E-state index in [1.165, 1.54) is 44.9 Å². The van der Waals surface area contributed by atoms with Crippen LogP contribution in [0.5, 0.6) is 0 Å². The Labute approximate surface area is 118 Å². The maximum atomic E-state index is 3.81. The molecule has 106 valence electrons. The minimum absolute atomic E-state index is 0.690. The molecular formula is C18H29N. The number of nitrogens with one attached hydrogen (secondary N) is 1. The van der Waals surface area contributed by atoms with Crippen LogP contribution in [0.2, 0.25) is 0 Å². The van der Waals surface area contributed by atoms with Crippen molar-refractivity contribution in [1.29, 1.82) is 0 Å². The Hall–Kier alpha value is -0.820. The summed E-state index contributed by atoms with van der Waals surface area (Å²) >= 11 is 0. The SMILES string of the molecule is CCCCCC(NCCC)C1CCc2ccccc21. The number of fused-ring (bicyclic) bond motifs is 1. The van der Waals surface area contributed by atoms with E-state index in [1.54, 1.807) is 11.1 Å². The fourth-order valence-corrected chi connectivity index (χ4v) is 3.40. The smallest absolute Gasteiger partial charge is 0.0136 e. The van der Waals surface area contributed by atoms with Crippen molar-refractivity contribution in [3.63, 3.8) is 0 Å². The number of benzene rings is 1. The van der Waals surface area contributed by atoms with Crippen molar-refractivity contribution < 1.29 is 0 Å². The van der Waals surface area contributed by atoms with Crippen LogP contribution in [0, 0.1) is 0 Å². The number of rotatable bonds is 8. The monoisotopic (exact) mass is 259 g/mol. The van der Waals surface area contributed by atoms with Crippen LogP contribution in [0.3, 0.4) is 0 Å². The van der Waals surface area contributed by atoms with Crippen LogP contribution in [0.4, 0.5) is 0 Å². The summed E-state index contributed by atoms with van der Waals surface area (Å²) in [5.74, 6) is 0.750. The van der Waals surface area contributed by atoms with E-state index >= 15 is 0 Å². The molecule has 1 aromatic carbocycles. The Bertz CT molecular complexity index is 372. The standard InChI is InChI=1S/C18H29N/c1-3-5-6-11-18(19-14-4-2)17-13-12-15-9-7-8-10-16(15)17/h7-10,17-19H,3-6,11-14H2,1-2H3. The van der Waals surface area contributed by atoms with Crippen molar-refractivity contribution in [2.75, 3.05) is 6.54 Å². The number of unbranched alkanes of at least 4 members (excludes halogenated alkanes) is 2. The first kappa shape index (κ1) is 14.6. The van der Waals surface area contributed by atoms with Gasteiger partial charge in [0.15, 0.2) is 0 Å². The van der Waals surface area contributed by atoms with Gasteiger partial charge in [0.2, 0.25) is 0 Å². The van der Waals surface area contributed by atoms with Crippen molar-refractivity contribution in [1.82, 2.24) is 5.32 Å². The molecule has 1 nitrogen and oxygen atoms in total. The van der Waals surface area contributed by atoms with E-state index in [0.29, 0.717) is 6.04 Å². The van der Waals surface area contributed by atoms with E-state index in [1.807, 2.05) is 0 Å². The molecule has 2 unspecified atom stereocenters. The molecule has 0 amide bonds. The summed E-state index contributed by atoms with van der Waals surface area (Å²) in [7, 11) is 0. The Morgan fingerprint density at radius 2 is 2.00 bits per heavy atom. The maximum absolute atomic E-state index is 3.81. The predicted molar refractivity (Wildman–Crippen MR) is 83.7 cm³/mol. The van der Waals surface area contributed by atoms with E-state index < -0.39 is 0 Å². The first-order chi connectivity index (χ1) is 9.36. The fourth-order valence-electron chi connectivity index (χ4n) is 3.40. The molecule has 1 heteroatoms. The largest absolute Gasteiger partial charge is 0.313 e. The van der Waals surface area contributed by atoms with Crippen LogP contribution in [0.15, 0.2) is 24.3 Å². The van der Waals surface area contributed by atoms with Crippen molar-refractivity contribution >= 4 is 0 Å². The molecule has 1 aliphatic rings. The first-order valence-electron chi connectivity index (χ1n) is 8.18. The maximum Gasteiger partial charge on any atom is 0.0136 e. The van der Waals surface area contributed by atoms with E-state index in [2.05, 4.69) is 43.4 Å². The van der Waals surface area contributed by atoms with Crippen molar-refractivity contribution in [3.05, 3.63) is 35.4 Å². The van der Waals surface area contributed by atoms with Crippen molar-refractivity contribution in [2.45, 2.75) is 70.8 Å². The zero-order chi connectivity index (χ0) is 13.5. The molecule has 0 radical (unpaired) electrons.